The van der Waals surface area contributed by atoms with Gasteiger partial charge in [-0.3, -0.25) is 9.59 Å². The largest absolute Gasteiger partial charge is 0.352 e. The van der Waals surface area contributed by atoms with Crippen LogP contribution in [0.5, 0.6) is 0 Å². The Kier molecular flexibility index (Phi) is 7.49. The van der Waals surface area contributed by atoms with Gasteiger partial charge < -0.3 is 20.9 Å². The zero-order valence-electron chi connectivity index (χ0n) is 17.2. The first kappa shape index (κ1) is 21.1. The van der Waals surface area contributed by atoms with E-state index < -0.39 is 0 Å². The number of nitrogens with one attached hydrogen (secondary N) is 3. The highest BCUT2D eigenvalue weighted by Gasteiger charge is 2.29. The monoisotopic (exact) mass is 400 g/mol. The molecule has 7 heteroatoms. The lowest BCUT2D eigenvalue weighted by molar-refractivity contribution is -0.137. The summed E-state index contributed by atoms with van der Waals surface area (Å²) >= 11 is 0. The van der Waals surface area contributed by atoms with Gasteiger partial charge >= 0.3 is 6.03 Å². The van der Waals surface area contributed by atoms with Crippen LogP contribution in [0.4, 0.5) is 10.5 Å². The molecule has 1 heterocycles. The van der Waals surface area contributed by atoms with Crippen LogP contribution >= 0.6 is 0 Å². The molecule has 0 atom stereocenters. The van der Waals surface area contributed by atoms with Crippen LogP contribution in [-0.2, 0) is 4.79 Å². The number of anilines is 1. The Balaban J connectivity index is 1.41. The molecule has 1 saturated heterocycles. The van der Waals surface area contributed by atoms with Gasteiger partial charge in [0.15, 0.2) is 0 Å². The Bertz CT molecular complexity index is 705. The van der Waals surface area contributed by atoms with Gasteiger partial charge in [-0.25, -0.2) is 4.79 Å². The van der Waals surface area contributed by atoms with Crippen molar-refractivity contribution in [3.8, 4) is 0 Å². The summed E-state index contributed by atoms with van der Waals surface area (Å²) in [4.78, 5) is 38.7. The van der Waals surface area contributed by atoms with Gasteiger partial charge in [0.25, 0.3) is 5.91 Å². The second-order valence-corrected chi connectivity index (χ2v) is 7.97. The first-order valence-corrected chi connectivity index (χ1v) is 10.8. The maximum Gasteiger partial charge on any atom is 0.319 e. The fraction of sp³-hybridized carbons (Fsp3) is 0.591. The molecule has 7 nitrogen and oxygen atoms in total. The third-order valence-electron chi connectivity index (χ3n) is 5.84. The number of carbonyl (C=O) groups excluding carboxylic acids is 3. The Morgan fingerprint density at radius 3 is 2.24 bits per heavy atom. The summed E-state index contributed by atoms with van der Waals surface area (Å²) in [5, 5.41) is 8.55. The minimum atomic E-state index is -0.257. The van der Waals surface area contributed by atoms with E-state index in [1.807, 2.05) is 11.8 Å². The van der Waals surface area contributed by atoms with Crippen LogP contribution < -0.4 is 16.0 Å². The molecule has 3 rings (SSSR count). The Morgan fingerprint density at radius 2 is 1.62 bits per heavy atom. The Labute approximate surface area is 172 Å². The number of benzene rings is 1. The lowest BCUT2D eigenvalue weighted by Crippen LogP contribution is -2.49. The third-order valence-corrected chi connectivity index (χ3v) is 5.84. The lowest BCUT2D eigenvalue weighted by atomic mass is 9.87. The van der Waals surface area contributed by atoms with Crippen molar-refractivity contribution in [1.29, 1.82) is 0 Å². The second kappa shape index (κ2) is 10.3. The number of piperidine rings is 1. The highest BCUT2D eigenvalue weighted by molar-refractivity contribution is 5.95. The summed E-state index contributed by atoms with van der Waals surface area (Å²) in [5.41, 5.74) is 1.20. The van der Waals surface area contributed by atoms with Gasteiger partial charge in [-0.2, -0.15) is 0 Å². The first-order valence-electron chi connectivity index (χ1n) is 10.8. The minimum absolute atomic E-state index is 0.0695. The van der Waals surface area contributed by atoms with Crippen molar-refractivity contribution in [2.45, 2.75) is 57.9 Å². The predicted octanol–water partition coefficient (Wildman–Crippen LogP) is 3.13. The number of hydrogen-bond donors (Lipinski definition) is 3. The van der Waals surface area contributed by atoms with Crippen LogP contribution in [0.25, 0.3) is 0 Å². The van der Waals surface area contributed by atoms with Crippen molar-refractivity contribution >= 4 is 23.5 Å². The van der Waals surface area contributed by atoms with Gasteiger partial charge in [0.05, 0.1) is 0 Å². The molecule has 4 amide bonds. The van der Waals surface area contributed by atoms with Crippen molar-refractivity contribution < 1.29 is 14.4 Å². The average molecular weight is 401 g/mol. The minimum Gasteiger partial charge on any atom is -0.352 e. The SMILES string of the molecule is CCNC(=O)c1ccc(NC(=O)NC2CCN(C(=O)C3CCCCC3)CC2)cc1. The Hall–Kier alpha value is -2.57. The van der Waals surface area contributed by atoms with Gasteiger partial charge in [0.2, 0.25) is 5.91 Å². The van der Waals surface area contributed by atoms with Crippen molar-refractivity contribution in [2.24, 2.45) is 5.92 Å². The van der Waals surface area contributed by atoms with E-state index in [1.165, 1.54) is 19.3 Å². The van der Waals surface area contributed by atoms with Crippen molar-refractivity contribution in [2.75, 3.05) is 25.0 Å². The quantitative estimate of drug-likeness (QED) is 0.709. The fourth-order valence-corrected chi connectivity index (χ4v) is 4.17. The van der Waals surface area contributed by atoms with Gasteiger partial charge in [0, 0.05) is 42.8 Å². The maximum atomic E-state index is 12.6. The number of rotatable bonds is 5. The number of nitrogens with zero attached hydrogens (tertiary/aromatic N) is 1. The molecule has 0 radical (unpaired) electrons. The second-order valence-electron chi connectivity index (χ2n) is 7.97. The highest BCUT2D eigenvalue weighted by atomic mass is 16.2. The normalized spacial score (nSPS) is 18.2. The van der Waals surface area contributed by atoms with E-state index in [0.29, 0.717) is 36.8 Å². The number of urea groups is 1. The van der Waals surface area contributed by atoms with Gasteiger partial charge in [-0.1, -0.05) is 19.3 Å². The molecule has 2 fully saturated rings. The van der Waals surface area contributed by atoms with Crippen LogP contribution in [0, 0.1) is 5.92 Å². The molecular weight excluding hydrogens is 368 g/mol. The van der Waals surface area contributed by atoms with Crippen LogP contribution in [0.3, 0.4) is 0 Å². The molecule has 1 aliphatic heterocycles. The van der Waals surface area contributed by atoms with Crippen molar-refractivity contribution in [1.82, 2.24) is 15.5 Å². The van der Waals surface area contributed by atoms with E-state index in [9.17, 15) is 14.4 Å². The number of likely N-dealkylation sites (tertiary alicyclic amines) is 1. The molecule has 29 heavy (non-hydrogen) atoms. The fourth-order valence-electron chi connectivity index (χ4n) is 4.17. The molecule has 0 aromatic heterocycles. The van der Waals surface area contributed by atoms with E-state index in [2.05, 4.69) is 16.0 Å². The molecule has 0 spiro atoms. The predicted molar refractivity (Wildman–Crippen MR) is 113 cm³/mol. The van der Waals surface area contributed by atoms with Crippen LogP contribution in [-0.4, -0.2) is 48.4 Å². The van der Waals surface area contributed by atoms with Crippen LogP contribution in [0.1, 0.15) is 62.2 Å². The number of amides is 4. The number of carbonyl (C=O) groups is 3. The molecule has 0 unspecified atom stereocenters. The van der Waals surface area contributed by atoms with E-state index in [0.717, 1.165) is 25.7 Å². The van der Waals surface area contributed by atoms with E-state index >= 15 is 0 Å². The van der Waals surface area contributed by atoms with Crippen LogP contribution in [0.2, 0.25) is 0 Å². The molecule has 1 aromatic rings. The standard InChI is InChI=1S/C22H32N4O3/c1-2-23-20(27)16-8-10-18(11-9-16)24-22(29)25-19-12-14-26(15-13-19)21(28)17-6-4-3-5-7-17/h8-11,17,19H,2-7,12-15H2,1H3,(H,23,27)(H2,24,25,29). The van der Waals surface area contributed by atoms with E-state index in [-0.39, 0.29) is 23.9 Å². The smallest absolute Gasteiger partial charge is 0.319 e. The van der Waals surface area contributed by atoms with Crippen LogP contribution in [0.15, 0.2) is 24.3 Å². The lowest BCUT2D eigenvalue weighted by Gasteiger charge is -2.35. The molecule has 0 bridgehead atoms. The molecule has 1 saturated carbocycles. The van der Waals surface area contributed by atoms with Crippen molar-refractivity contribution in [3.05, 3.63) is 29.8 Å². The maximum absolute atomic E-state index is 12.6. The third kappa shape index (κ3) is 5.95. The first-order chi connectivity index (χ1) is 14.1. The van der Waals surface area contributed by atoms with Gasteiger partial charge in [0.1, 0.15) is 0 Å². The zero-order chi connectivity index (χ0) is 20.6. The molecule has 1 aromatic carbocycles. The molecular formula is C22H32N4O3. The van der Waals surface area contributed by atoms with E-state index in [1.54, 1.807) is 24.3 Å². The highest BCUT2D eigenvalue weighted by Crippen LogP contribution is 2.26. The summed E-state index contributed by atoms with van der Waals surface area (Å²) in [6.07, 6.45) is 7.19. The summed E-state index contributed by atoms with van der Waals surface area (Å²) in [6.45, 7) is 3.86. The summed E-state index contributed by atoms with van der Waals surface area (Å²) in [7, 11) is 0. The van der Waals surface area contributed by atoms with Gasteiger partial charge in [-0.05, 0) is 56.9 Å². The Morgan fingerprint density at radius 1 is 0.966 bits per heavy atom. The average Bonchev–Trinajstić information content (AvgIpc) is 2.75. The zero-order valence-corrected chi connectivity index (χ0v) is 17.2. The summed E-state index contributed by atoms with van der Waals surface area (Å²) in [5.74, 6) is 0.386. The number of hydrogen-bond acceptors (Lipinski definition) is 3. The molecule has 3 N–H and O–H groups in total. The summed E-state index contributed by atoms with van der Waals surface area (Å²) in [6, 6.07) is 6.63. The summed E-state index contributed by atoms with van der Waals surface area (Å²) < 4.78 is 0. The van der Waals surface area contributed by atoms with Gasteiger partial charge in [-0.15, -0.1) is 0 Å². The molecule has 1 aliphatic carbocycles. The van der Waals surface area contributed by atoms with Crippen molar-refractivity contribution in [3.63, 3.8) is 0 Å². The topological polar surface area (TPSA) is 90.5 Å². The molecule has 158 valence electrons. The molecule has 2 aliphatic rings. The van der Waals surface area contributed by atoms with E-state index in [4.69, 9.17) is 0 Å².